The molecule has 94 valence electrons. The van der Waals surface area contributed by atoms with E-state index in [4.69, 9.17) is 4.74 Å². The van der Waals surface area contributed by atoms with Crippen molar-refractivity contribution in [2.75, 3.05) is 0 Å². The SMILES string of the molecule is O=c1[nH]ccc2c(OCc3ccccc3)cccc12. The van der Waals surface area contributed by atoms with Crippen molar-refractivity contribution in [3.63, 3.8) is 0 Å². The van der Waals surface area contributed by atoms with Crippen LogP contribution >= 0.6 is 0 Å². The van der Waals surface area contributed by atoms with E-state index >= 15 is 0 Å². The molecule has 0 aliphatic carbocycles. The van der Waals surface area contributed by atoms with Gasteiger partial charge >= 0.3 is 0 Å². The maximum absolute atomic E-state index is 11.7. The van der Waals surface area contributed by atoms with Crippen molar-refractivity contribution in [2.24, 2.45) is 0 Å². The first kappa shape index (κ1) is 11.5. The van der Waals surface area contributed by atoms with E-state index in [1.807, 2.05) is 48.5 Å². The van der Waals surface area contributed by atoms with Crippen LogP contribution in [0.15, 0.2) is 65.6 Å². The Kier molecular flexibility index (Phi) is 3.02. The fourth-order valence-corrected chi connectivity index (χ4v) is 2.05. The molecule has 0 radical (unpaired) electrons. The van der Waals surface area contributed by atoms with Crippen LogP contribution in [-0.4, -0.2) is 4.98 Å². The van der Waals surface area contributed by atoms with Crippen LogP contribution in [0.5, 0.6) is 5.75 Å². The van der Waals surface area contributed by atoms with Gasteiger partial charge in [-0.15, -0.1) is 0 Å². The highest BCUT2D eigenvalue weighted by Crippen LogP contribution is 2.23. The highest BCUT2D eigenvalue weighted by atomic mass is 16.5. The Bertz CT molecular complexity index is 747. The predicted octanol–water partition coefficient (Wildman–Crippen LogP) is 3.11. The van der Waals surface area contributed by atoms with E-state index < -0.39 is 0 Å². The van der Waals surface area contributed by atoms with Crippen molar-refractivity contribution >= 4 is 10.8 Å². The van der Waals surface area contributed by atoms with E-state index in [0.717, 1.165) is 16.7 Å². The van der Waals surface area contributed by atoms with Gasteiger partial charge in [-0.2, -0.15) is 0 Å². The van der Waals surface area contributed by atoms with Gasteiger partial charge < -0.3 is 9.72 Å². The average Bonchev–Trinajstić information content (AvgIpc) is 2.47. The zero-order valence-electron chi connectivity index (χ0n) is 10.3. The second-order valence-electron chi connectivity index (χ2n) is 4.30. The van der Waals surface area contributed by atoms with Gasteiger partial charge in [0.1, 0.15) is 12.4 Å². The average molecular weight is 251 g/mol. The number of aromatic nitrogens is 1. The van der Waals surface area contributed by atoms with Gasteiger partial charge in [0.05, 0.1) is 5.39 Å². The van der Waals surface area contributed by atoms with Gasteiger partial charge in [0, 0.05) is 11.6 Å². The van der Waals surface area contributed by atoms with Gasteiger partial charge in [0.25, 0.3) is 5.56 Å². The molecule has 0 unspecified atom stereocenters. The summed E-state index contributed by atoms with van der Waals surface area (Å²) in [7, 11) is 0. The molecule has 0 atom stereocenters. The van der Waals surface area contributed by atoms with Crippen LogP contribution in [0.4, 0.5) is 0 Å². The minimum atomic E-state index is -0.0948. The smallest absolute Gasteiger partial charge is 0.255 e. The van der Waals surface area contributed by atoms with E-state index in [1.54, 1.807) is 12.3 Å². The van der Waals surface area contributed by atoms with E-state index in [2.05, 4.69) is 4.98 Å². The summed E-state index contributed by atoms with van der Waals surface area (Å²) in [5.41, 5.74) is 1.01. The maximum Gasteiger partial charge on any atom is 0.255 e. The van der Waals surface area contributed by atoms with Crippen LogP contribution < -0.4 is 10.3 Å². The third kappa shape index (κ3) is 2.36. The lowest BCUT2D eigenvalue weighted by molar-refractivity contribution is 0.310. The van der Waals surface area contributed by atoms with Gasteiger partial charge in [-0.05, 0) is 23.8 Å². The Hall–Kier alpha value is -2.55. The normalized spacial score (nSPS) is 10.5. The molecule has 0 aliphatic rings. The number of benzene rings is 2. The summed E-state index contributed by atoms with van der Waals surface area (Å²) in [5, 5.41) is 1.48. The number of aromatic amines is 1. The molecule has 0 amide bonds. The minimum absolute atomic E-state index is 0.0948. The quantitative estimate of drug-likeness (QED) is 0.777. The van der Waals surface area contributed by atoms with Crippen molar-refractivity contribution in [2.45, 2.75) is 6.61 Å². The van der Waals surface area contributed by atoms with Gasteiger partial charge in [0.15, 0.2) is 0 Å². The maximum atomic E-state index is 11.7. The first-order valence-electron chi connectivity index (χ1n) is 6.12. The third-order valence-corrected chi connectivity index (χ3v) is 3.01. The number of nitrogens with one attached hydrogen (secondary N) is 1. The molecule has 0 saturated carbocycles. The van der Waals surface area contributed by atoms with Crippen LogP contribution in [0.25, 0.3) is 10.8 Å². The molecule has 3 rings (SSSR count). The molecule has 0 saturated heterocycles. The molecule has 1 N–H and O–H groups in total. The first-order chi connectivity index (χ1) is 9.34. The summed E-state index contributed by atoms with van der Waals surface area (Å²) in [6, 6.07) is 17.3. The van der Waals surface area contributed by atoms with E-state index in [1.165, 1.54) is 0 Å². The van der Waals surface area contributed by atoms with Gasteiger partial charge in [-0.1, -0.05) is 36.4 Å². The molecule has 19 heavy (non-hydrogen) atoms. The summed E-state index contributed by atoms with van der Waals surface area (Å²) < 4.78 is 5.81. The number of hydrogen-bond donors (Lipinski definition) is 1. The minimum Gasteiger partial charge on any atom is -0.488 e. The monoisotopic (exact) mass is 251 g/mol. The summed E-state index contributed by atoms with van der Waals surface area (Å²) in [6.07, 6.45) is 1.64. The molecule has 3 nitrogen and oxygen atoms in total. The van der Waals surface area contributed by atoms with Crippen molar-refractivity contribution in [3.8, 4) is 5.75 Å². The zero-order valence-corrected chi connectivity index (χ0v) is 10.3. The Morgan fingerprint density at radius 1 is 0.895 bits per heavy atom. The fourth-order valence-electron chi connectivity index (χ4n) is 2.05. The topological polar surface area (TPSA) is 42.1 Å². The number of ether oxygens (including phenoxy) is 1. The van der Waals surface area contributed by atoms with Gasteiger partial charge in [-0.25, -0.2) is 0 Å². The fraction of sp³-hybridized carbons (Fsp3) is 0.0625. The number of pyridine rings is 1. The first-order valence-corrected chi connectivity index (χ1v) is 6.12. The standard InChI is InChI=1S/C16H13NO2/c18-16-14-7-4-8-15(13(14)9-10-17-16)19-11-12-5-2-1-3-6-12/h1-10H,11H2,(H,17,18). The lowest BCUT2D eigenvalue weighted by Gasteiger charge is -2.08. The van der Waals surface area contributed by atoms with Crippen molar-refractivity contribution in [3.05, 3.63) is 76.7 Å². The van der Waals surface area contributed by atoms with Crippen LogP contribution in [-0.2, 0) is 6.61 Å². The van der Waals surface area contributed by atoms with Crippen LogP contribution in [0.2, 0.25) is 0 Å². The number of hydrogen-bond acceptors (Lipinski definition) is 2. The molecule has 1 heterocycles. The van der Waals surface area contributed by atoms with Crippen LogP contribution in [0.3, 0.4) is 0 Å². The Morgan fingerprint density at radius 2 is 1.74 bits per heavy atom. The van der Waals surface area contributed by atoms with Crippen molar-refractivity contribution < 1.29 is 4.74 Å². The van der Waals surface area contributed by atoms with Crippen LogP contribution in [0, 0.1) is 0 Å². The number of rotatable bonds is 3. The van der Waals surface area contributed by atoms with E-state index in [9.17, 15) is 4.79 Å². The summed E-state index contributed by atoms with van der Waals surface area (Å²) in [5.74, 6) is 0.729. The second-order valence-corrected chi connectivity index (χ2v) is 4.30. The highest BCUT2D eigenvalue weighted by molar-refractivity contribution is 5.87. The Morgan fingerprint density at radius 3 is 2.58 bits per heavy atom. The molecule has 0 aliphatic heterocycles. The van der Waals surface area contributed by atoms with Crippen molar-refractivity contribution in [1.29, 1.82) is 0 Å². The van der Waals surface area contributed by atoms with Gasteiger partial charge in [-0.3, -0.25) is 4.79 Å². The van der Waals surface area contributed by atoms with Gasteiger partial charge in [0.2, 0.25) is 0 Å². The molecule has 3 aromatic rings. The summed E-state index contributed by atoms with van der Waals surface area (Å²) in [4.78, 5) is 14.4. The van der Waals surface area contributed by atoms with Crippen LogP contribution in [0.1, 0.15) is 5.56 Å². The molecular weight excluding hydrogens is 238 g/mol. The molecule has 0 bridgehead atoms. The largest absolute Gasteiger partial charge is 0.488 e. The predicted molar refractivity (Wildman–Crippen MR) is 75.3 cm³/mol. The van der Waals surface area contributed by atoms with E-state index in [-0.39, 0.29) is 5.56 Å². The molecular formula is C16H13NO2. The number of fused-ring (bicyclic) bond motifs is 1. The summed E-state index contributed by atoms with van der Waals surface area (Å²) >= 11 is 0. The second kappa shape index (κ2) is 4.98. The lowest BCUT2D eigenvalue weighted by atomic mass is 10.1. The summed E-state index contributed by atoms with van der Waals surface area (Å²) in [6.45, 7) is 0.493. The molecule has 0 fully saturated rings. The molecule has 1 aromatic heterocycles. The molecule has 3 heteroatoms. The Balaban J connectivity index is 1.93. The lowest BCUT2D eigenvalue weighted by Crippen LogP contribution is -2.05. The molecule has 2 aromatic carbocycles. The van der Waals surface area contributed by atoms with E-state index in [0.29, 0.717) is 12.0 Å². The number of H-pyrrole nitrogens is 1. The zero-order chi connectivity index (χ0) is 13.1. The van der Waals surface area contributed by atoms with Crippen molar-refractivity contribution in [1.82, 2.24) is 4.98 Å². The Labute approximate surface area is 110 Å². The highest BCUT2D eigenvalue weighted by Gasteiger charge is 2.04. The third-order valence-electron chi connectivity index (χ3n) is 3.01. The molecule has 0 spiro atoms.